The lowest BCUT2D eigenvalue weighted by atomic mass is 10.3. The van der Waals surface area contributed by atoms with E-state index in [9.17, 15) is 4.79 Å². The first kappa shape index (κ1) is 14.0. The molecule has 2 saturated carbocycles. The highest BCUT2D eigenvalue weighted by Gasteiger charge is 2.36. The fraction of sp³-hybridized carbons (Fsp3) is 0.533. The molecule has 0 unspecified atom stereocenters. The Bertz CT molecular complexity index is 513. The van der Waals surface area contributed by atoms with Gasteiger partial charge in [-0.3, -0.25) is 4.79 Å². The molecule has 0 aliphatic heterocycles. The zero-order valence-electron chi connectivity index (χ0n) is 11.1. The summed E-state index contributed by atoms with van der Waals surface area (Å²) in [5.74, 6) is 1.27. The highest BCUT2D eigenvalue weighted by molar-refractivity contribution is 6.35. The fourth-order valence-corrected chi connectivity index (χ4v) is 2.70. The van der Waals surface area contributed by atoms with Gasteiger partial charge in [0.2, 0.25) is 0 Å². The molecule has 2 aliphatic rings. The molecule has 108 valence electrons. The lowest BCUT2D eigenvalue weighted by Crippen LogP contribution is -2.38. The predicted octanol–water partition coefficient (Wildman–Crippen LogP) is 3.77. The number of benzene rings is 1. The van der Waals surface area contributed by atoms with Gasteiger partial charge in [-0.25, -0.2) is 0 Å². The minimum atomic E-state index is 0.0462. The van der Waals surface area contributed by atoms with Crippen LogP contribution in [0.3, 0.4) is 0 Å². The normalized spacial score (nSPS) is 17.9. The molecule has 1 aromatic rings. The summed E-state index contributed by atoms with van der Waals surface area (Å²) in [4.78, 5) is 14.3. The average Bonchev–Trinajstić information content (AvgIpc) is 3.26. The third kappa shape index (κ3) is 3.58. The number of carbonyl (C=O) groups is 1. The smallest absolute Gasteiger partial charge is 0.260 e. The van der Waals surface area contributed by atoms with Crippen LogP contribution in [0.25, 0.3) is 0 Å². The van der Waals surface area contributed by atoms with Crippen molar-refractivity contribution in [1.29, 1.82) is 0 Å². The van der Waals surface area contributed by atoms with E-state index < -0.39 is 0 Å². The van der Waals surface area contributed by atoms with Crippen LogP contribution in [0.4, 0.5) is 0 Å². The van der Waals surface area contributed by atoms with Crippen molar-refractivity contribution in [2.45, 2.75) is 31.7 Å². The van der Waals surface area contributed by atoms with Crippen LogP contribution in [0, 0.1) is 5.92 Å². The van der Waals surface area contributed by atoms with Crippen LogP contribution in [-0.4, -0.2) is 30.0 Å². The van der Waals surface area contributed by atoms with Gasteiger partial charge in [-0.05, 0) is 49.8 Å². The standard InChI is InChI=1S/C15H17Cl2NO2/c16-11-3-6-14(13(17)7-11)20-9-15(19)18(12-4-5-12)8-10-1-2-10/h3,6-7,10,12H,1-2,4-5,8-9H2. The van der Waals surface area contributed by atoms with E-state index in [2.05, 4.69) is 0 Å². The maximum Gasteiger partial charge on any atom is 0.260 e. The number of hydrogen-bond donors (Lipinski definition) is 0. The van der Waals surface area contributed by atoms with E-state index in [-0.39, 0.29) is 12.5 Å². The Balaban J connectivity index is 1.57. The first-order valence-corrected chi connectivity index (χ1v) is 7.76. The lowest BCUT2D eigenvalue weighted by Gasteiger charge is -2.22. The zero-order valence-corrected chi connectivity index (χ0v) is 12.7. The molecule has 0 spiro atoms. The first-order chi connectivity index (χ1) is 9.63. The Morgan fingerprint density at radius 3 is 2.60 bits per heavy atom. The van der Waals surface area contributed by atoms with Gasteiger partial charge in [0, 0.05) is 17.6 Å². The summed E-state index contributed by atoms with van der Waals surface area (Å²) < 4.78 is 5.53. The summed E-state index contributed by atoms with van der Waals surface area (Å²) in [7, 11) is 0. The van der Waals surface area contributed by atoms with Gasteiger partial charge in [-0.1, -0.05) is 23.2 Å². The Kier molecular flexibility index (Phi) is 4.08. The summed E-state index contributed by atoms with van der Waals surface area (Å²) in [5.41, 5.74) is 0. The Morgan fingerprint density at radius 2 is 2.00 bits per heavy atom. The number of halogens is 2. The summed E-state index contributed by atoms with van der Waals surface area (Å²) in [6.07, 6.45) is 4.75. The van der Waals surface area contributed by atoms with Crippen LogP contribution in [-0.2, 0) is 4.79 Å². The van der Waals surface area contributed by atoms with Gasteiger partial charge in [0.25, 0.3) is 5.91 Å². The molecular formula is C15H17Cl2NO2. The van der Waals surface area contributed by atoms with Crippen molar-refractivity contribution in [3.05, 3.63) is 28.2 Å². The number of amides is 1. The third-order valence-electron chi connectivity index (χ3n) is 3.70. The molecule has 0 heterocycles. The number of rotatable bonds is 6. The maximum absolute atomic E-state index is 12.3. The molecule has 0 bridgehead atoms. The van der Waals surface area contributed by atoms with Gasteiger partial charge in [-0.2, -0.15) is 0 Å². The second kappa shape index (κ2) is 5.82. The van der Waals surface area contributed by atoms with Crippen LogP contribution < -0.4 is 4.74 Å². The molecule has 0 radical (unpaired) electrons. The predicted molar refractivity (Wildman–Crippen MR) is 79.4 cm³/mol. The number of hydrogen-bond acceptors (Lipinski definition) is 2. The largest absolute Gasteiger partial charge is 0.482 e. The van der Waals surface area contributed by atoms with E-state index >= 15 is 0 Å². The Labute approximate surface area is 128 Å². The maximum atomic E-state index is 12.3. The molecule has 5 heteroatoms. The van der Waals surface area contributed by atoms with E-state index in [0.717, 1.165) is 19.4 Å². The molecule has 1 aromatic carbocycles. The van der Waals surface area contributed by atoms with Gasteiger partial charge < -0.3 is 9.64 Å². The van der Waals surface area contributed by atoms with Crippen molar-refractivity contribution < 1.29 is 9.53 Å². The minimum Gasteiger partial charge on any atom is -0.482 e. The molecule has 3 rings (SSSR count). The highest BCUT2D eigenvalue weighted by atomic mass is 35.5. The molecule has 0 aromatic heterocycles. The van der Waals surface area contributed by atoms with Gasteiger partial charge in [0.15, 0.2) is 6.61 Å². The fourth-order valence-electron chi connectivity index (χ4n) is 2.23. The zero-order chi connectivity index (χ0) is 14.1. The van der Waals surface area contributed by atoms with Crippen molar-refractivity contribution in [2.24, 2.45) is 5.92 Å². The van der Waals surface area contributed by atoms with Crippen LogP contribution in [0.2, 0.25) is 10.0 Å². The average molecular weight is 314 g/mol. The summed E-state index contributed by atoms with van der Waals surface area (Å²) >= 11 is 11.9. The molecule has 0 saturated heterocycles. The van der Waals surface area contributed by atoms with Crippen molar-refractivity contribution >= 4 is 29.1 Å². The molecular weight excluding hydrogens is 297 g/mol. The van der Waals surface area contributed by atoms with Gasteiger partial charge >= 0.3 is 0 Å². The van der Waals surface area contributed by atoms with Crippen LogP contribution in [0.5, 0.6) is 5.75 Å². The highest BCUT2D eigenvalue weighted by Crippen LogP contribution is 2.35. The van der Waals surface area contributed by atoms with E-state index in [1.807, 2.05) is 4.90 Å². The molecule has 1 amide bonds. The number of carbonyl (C=O) groups excluding carboxylic acids is 1. The van der Waals surface area contributed by atoms with Crippen molar-refractivity contribution in [3.8, 4) is 5.75 Å². The van der Waals surface area contributed by atoms with E-state index in [0.29, 0.717) is 27.8 Å². The monoisotopic (exact) mass is 313 g/mol. The van der Waals surface area contributed by atoms with Crippen molar-refractivity contribution in [2.75, 3.05) is 13.2 Å². The van der Waals surface area contributed by atoms with Crippen molar-refractivity contribution in [3.63, 3.8) is 0 Å². The summed E-state index contributed by atoms with van der Waals surface area (Å²) in [6, 6.07) is 5.45. The summed E-state index contributed by atoms with van der Waals surface area (Å²) in [5, 5.41) is 0.993. The topological polar surface area (TPSA) is 29.5 Å². The van der Waals surface area contributed by atoms with Gasteiger partial charge in [0.05, 0.1) is 5.02 Å². The van der Waals surface area contributed by atoms with Crippen LogP contribution >= 0.6 is 23.2 Å². The molecule has 3 nitrogen and oxygen atoms in total. The SMILES string of the molecule is O=C(COc1ccc(Cl)cc1Cl)N(CC1CC1)C1CC1. The summed E-state index contributed by atoms with van der Waals surface area (Å²) in [6.45, 7) is 0.936. The Morgan fingerprint density at radius 1 is 1.25 bits per heavy atom. The molecule has 2 fully saturated rings. The van der Waals surface area contributed by atoms with Crippen LogP contribution in [0.1, 0.15) is 25.7 Å². The van der Waals surface area contributed by atoms with Gasteiger partial charge in [-0.15, -0.1) is 0 Å². The van der Waals surface area contributed by atoms with E-state index in [1.54, 1.807) is 18.2 Å². The third-order valence-corrected chi connectivity index (χ3v) is 4.24. The van der Waals surface area contributed by atoms with Gasteiger partial charge in [0.1, 0.15) is 5.75 Å². The molecule has 2 aliphatic carbocycles. The quantitative estimate of drug-likeness (QED) is 0.800. The Hall–Kier alpha value is -0.930. The molecule has 20 heavy (non-hydrogen) atoms. The second-order valence-corrected chi connectivity index (χ2v) is 6.43. The van der Waals surface area contributed by atoms with E-state index in [1.165, 1.54) is 12.8 Å². The minimum absolute atomic E-state index is 0.0462. The van der Waals surface area contributed by atoms with Crippen LogP contribution in [0.15, 0.2) is 18.2 Å². The molecule has 0 N–H and O–H groups in total. The number of ether oxygens (including phenoxy) is 1. The second-order valence-electron chi connectivity index (χ2n) is 5.58. The number of nitrogens with zero attached hydrogens (tertiary/aromatic N) is 1. The van der Waals surface area contributed by atoms with Crippen molar-refractivity contribution in [1.82, 2.24) is 4.90 Å². The van der Waals surface area contributed by atoms with E-state index in [4.69, 9.17) is 27.9 Å². The molecule has 0 atom stereocenters. The first-order valence-electron chi connectivity index (χ1n) is 7.01. The lowest BCUT2D eigenvalue weighted by molar-refractivity contribution is -0.134.